The SMILES string of the molecule is CCn1cc(C(=O)NCC[N+]2(CC3=C(C(=O)O)N4C(=O)[C@@H](NC(=O)/C(=N\OC(C)(C)C(=O)O)c5csc(N)n5)[C@H]4SC3)CCCC2)c(=O)c2ccc(O)c(O)c21. The van der Waals surface area contributed by atoms with Crippen molar-refractivity contribution in [2.75, 3.05) is 44.2 Å². The van der Waals surface area contributed by atoms with Gasteiger partial charge >= 0.3 is 11.9 Å². The zero-order valence-electron chi connectivity index (χ0n) is 30.6. The van der Waals surface area contributed by atoms with Crippen LogP contribution >= 0.6 is 23.1 Å². The molecule has 6 rings (SSSR count). The number of β-lactam (4-membered cyclic amide) rings is 1. The van der Waals surface area contributed by atoms with Gasteiger partial charge in [-0.25, -0.2) is 14.6 Å². The highest BCUT2D eigenvalue weighted by Gasteiger charge is 2.55. The van der Waals surface area contributed by atoms with E-state index in [9.17, 15) is 49.2 Å². The standard InChI is InChI=1S/C35H40N8O11S2/c1-4-41-13-19(26(45)18-7-8-21(44)27(46)25(18)41)28(47)37-9-12-43(10-5-6-11-43)14-17-15-55-31-23(30(49)42(31)24(17)32(50)51)39-29(48)22(20-16-56-34(36)38-20)40-54-35(2,3)33(52)53/h7-8,13,16,23,31H,4-6,9-12,14-15H2,1-3H3,(H7-,36,37,38,39,40,44,45,46,47,48,50,51,52,53)/p+1/t23-,31-/m1/s1. The number of fused-ring (bicyclic) bond motifs is 2. The van der Waals surface area contributed by atoms with Crippen molar-refractivity contribution in [1.29, 1.82) is 0 Å². The quantitative estimate of drug-likeness (QED) is 0.0391. The van der Waals surface area contributed by atoms with E-state index >= 15 is 0 Å². The molecule has 3 aliphatic heterocycles. The number of nitrogens with one attached hydrogen (secondary N) is 2. The Bertz CT molecular complexity index is 2260. The van der Waals surface area contributed by atoms with Crippen molar-refractivity contribution in [3.8, 4) is 11.5 Å². The number of carbonyl (C=O) groups excluding carboxylic acids is 3. The Morgan fingerprint density at radius 1 is 1.14 bits per heavy atom. The van der Waals surface area contributed by atoms with Crippen molar-refractivity contribution in [2.45, 2.75) is 57.2 Å². The van der Waals surface area contributed by atoms with Crippen LogP contribution in [-0.4, -0.2) is 130 Å². The second kappa shape index (κ2) is 15.5. The third-order valence-corrected chi connectivity index (χ3v) is 12.1. The predicted octanol–water partition coefficient (Wildman–Crippen LogP) is 0.834. The Hall–Kier alpha value is -5.67. The van der Waals surface area contributed by atoms with Crippen molar-refractivity contribution < 1.29 is 53.7 Å². The van der Waals surface area contributed by atoms with Crippen LogP contribution in [-0.2, 0) is 30.6 Å². The molecule has 3 aromatic rings. The van der Waals surface area contributed by atoms with Crippen LogP contribution in [0.1, 0.15) is 49.7 Å². The predicted molar refractivity (Wildman–Crippen MR) is 204 cm³/mol. The molecule has 21 heteroatoms. The molecule has 3 amide bonds. The maximum atomic E-state index is 13.6. The molecule has 2 aromatic heterocycles. The van der Waals surface area contributed by atoms with E-state index in [1.165, 1.54) is 53.9 Å². The number of aromatic hydroxyl groups is 2. The minimum atomic E-state index is -1.80. The number of aliphatic carboxylic acids is 2. The molecule has 298 valence electrons. The van der Waals surface area contributed by atoms with Gasteiger partial charge in [-0.05, 0) is 32.9 Å². The number of hydrogen-bond donors (Lipinski definition) is 7. The second-order valence-electron chi connectivity index (χ2n) is 14.2. The number of oxime groups is 1. The van der Waals surface area contributed by atoms with Crippen molar-refractivity contribution >= 4 is 74.5 Å². The fourth-order valence-electron chi connectivity index (χ4n) is 7.07. The molecule has 2 fully saturated rings. The molecule has 0 radical (unpaired) electrons. The number of thioether (sulfide) groups is 1. The molecule has 0 unspecified atom stereocenters. The number of hydrogen-bond acceptors (Lipinski definition) is 14. The Kier molecular flexibility index (Phi) is 11.0. The summed E-state index contributed by atoms with van der Waals surface area (Å²) in [5.41, 5.74) is 3.24. The van der Waals surface area contributed by atoms with E-state index in [-0.39, 0.29) is 51.8 Å². The van der Waals surface area contributed by atoms with E-state index in [1.54, 1.807) is 6.92 Å². The topological polar surface area (TPSA) is 276 Å². The van der Waals surface area contributed by atoms with Crippen molar-refractivity contribution in [3.05, 3.63) is 56.5 Å². The van der Waals surface area contributed by atoms with Crippen LogP contribution in [0.2, 0.25) is 0 Å². The molecule has 56 heavy (non-hydrogen) atoms. The fraction of sp³-hybridized carbons (Fsp3) is 0.429. The smallest absolute Gasteiger partial charge is 0.352 e. The number of nitrogens with zero attached hydrogens (tertiary/aromatic N) is 5. The lowest BCUT2D eigenvalue weighted by atomic mass is 10.0. The van der Waals surface area contributed by atoms with Gasteiger partial charge in [-0.1, -0.05) is 5.16 Å². The third kappa shape index (κ3) is 7.48. The Morgan fingerprint density at radius 3 is 2.48 bits per heavy atom. The molecule has 2 saturated heterocycles. The number of pyridine rings is 1. The van der Waals surface area contributed by atoms with Crippen LogP contribution in [0.15, 0.2) is 44.9 Å². The van der Waals surface area contributed by atoms with E-state index in [1.807, 2.05) is 0 Å². The number of quaternary nitrogens is 1. The number of anilines is 1. The number of carbonyl (C=O) groups is 5. The van der Waals surface area contributed by atoms with Crippen LogP contribution < -0.4 is 21.8 Å². The van der Waals surface area contributed by atoms with Gasteiger partial charge in [-0.3, -0.25) is 24.1 Å². The molecule has 1 aromatic carbocycles. The van der Waals surface area contributed by atoms with Gasteiger partial charge in [0, 0.05) is 42.3 Å². The lowest BCUT2D eigenvalue weighted by Crippen LogP contribution is -2.71. The van der Waals surface area contributed by atoms with Crippen molar-refractivity contribution in [1.82, 2.24) is 25.1 Å². The minimum Gasteiger partial charge on any atom is -0.504 e. The lowest BCUT2D eigenvalue weighted by Gasteiger charge is -2.50. The monoisotopic (exact) mass is 813 g/mol. The second-order valence-corrected chi connectivity index (χ2v) is 16.2. The number of nitrogen functional groups attached to an aromatic ring is 1. The van der Waals surface area contributed by atoms with E-state index in [2.05, 4.69) is 20.8 Å². The maximum absolute atomic E-state index is 13.6. The zero-order chi connectivity index (χ0) is 40.7. The van der Waals surface area contributed by atoms with Gasteiger partial charge in [0.05, 0.1) is 37.1 Å². The summed E-state index contributed by atoms with van der Waals surface area (Å²) in [5, 5.41) is 50.2. The first-order chi connectivity index (χ1) is 26.5. The summed E-state index contributed by atoms with van der Waals surface area (Å²) in [5.74, 6) is -5.44. The van der Waals surface area contributed by atoms with Gasteiger partial charge in [-0.15, -0.1) is 23.1 Å². The van der Waals surface area contributed by atoms with Crippen LogP contribution in [0.4, 0.5) is 5.13 Å². The van der Waals surface area contributed by atoms with E-state index in [0.717, 1.165) is 29.1 Å². The normalized spacial score (nSPS) is 19.4. The number of carboxylic acids is 2. The minimum absolute atomic E-state index is 0.00731. The first-order valence-electron chi connectivity index (χ1n) is 17.6. The fourth-order valence-corrected chi connectivity index (χ4v) is 8.95. The summed E-state index contributed by atoms with van der Waals surface area (Å²) in [6.45, 7) is 6.78. The Labute approximate surface area is 327 Å². The molecular weight excluding hydrogens is 773 g/mol. The molecule has 3 aliphatic rings. The number of rotatable bonds is 14. The number of aryl methyl sites for hydroxylation is 1. The third-order valence-electron chi connectivity index (χ3n) is 10.1. The van der Waals surface area contributed by atoms with Crippen LogP contribution in [0.25, 0.3) is 10.9 Å². The molecule has 19 nitrogen and oxygen atoms in total. The molecule has 0 aliphatic carbocycles. The summed E-state index contributed by atoms with van der Waals surface area (Å²) >= 11 is 2.29. The number of nitrogens with two attached hydrogens (primary N) is 1. The number of carboxylic acid groups (broad SMARTS) is 2. The highest BCUT2D eigenvalue weighted by Crippen LogP contribution is 2.41. The molecule has 0 saturated carbocycles. The number of phenolic OH excluding ortho intramolecular Hbond substituents is 2. The lowest BCUT2D eigenvalue weighted by molar-refractivity contribution is -0.911. The highest BCUT2D eigenvalue weighted by atomic mass is 32.2. The number of likely N-dealkylation sites (tertiary alicyclic amines) is 1. The van der Waals surface area contributed by atoms with E-state index < -0.39 is 69.3 Å². The average Bonchev–Trinajstić information content (AvgIpc) is 3.80. The Morgan fingerprint density at radius 2 is 1.86 bits per heavy atom. The summed E-state index contributed by atoms with van der Waals surface area (Å²) < 4.78 is 1.95. The van der Waals surface area contributed by atoms with Crippen LogP contribution in [0.3, 0.4) is 0 Å². The zero-order valence-corrected chi connectivity index (χ0v) is 32.2. The molecule has 0 bridgehead atoms. The van der Waals surface area contributed by atoms with Gasteiger partial charge in [0.15, 0.2) is 22.3 Å². The Balaban J connectivity index is 1.16. The first kappa shape index (κ1) is 40.0. The van der Waals surface area contributed by atoms with Crippen molar-refractivity contribution in [3.63, 3.8) is 0 Å². The van der Waals surface area contributed by atoms with Crippen LogP contribution in [0.5, 0.6) is 11.5 Å². The summed E-state index contributed by atoms with van der Waals surface area (Å²) in [6.07, 6.45) is 3.07. The molecular formula is C35H41N8O11S2+. The van der Waals surface area contributed by atoms with Crippen molar-refractivity contribution in [2.24, 2.45) is 5.16 Å². The van der Waals surface area contributed by atoms with Gasteiger partial charge in [0.1, 0.15) is 34.9 Å². The van der Waals surface area contributed by atoms with E-state index in [4.69, 9.17) is 10.6 Å². The number of amides is 3. The number of phenols is 2. The molecule has 8 N–H and O–H groups in total. The summed E-state index contributed by atoms with van der Waals surface area (Å²) in [7, 11) is 0. The largest absolute Gasteiger partial charge is 0.504 e. The molecule has 5 heterocycles. The van der Waals surface area contributed by atoms with Gasteiger partial charge in [0.25, 0.3) is 17.7 Å². The summed E-state index contributed by atoms with van der Waals surface area (Å²) in [4.78, 5) is 88.3. The number of aromatic nitrogens is 2. The van der Waals surface area contributed by atoms with Gasteiger partial charge in [-0.2, -0.15) is 0 Å². The van der Waals surface area contributed by atoms with Gasteiger partial charge in [0.2, 0.25) is 11.0 Å². The maximum Gasteiger partial charge on any atom is 0.352 e. The first-order valence-corrected chi connectivity index (χ1v) is 19.5. The van der Waals surface area contributed by atoms with Gasteiger partial charge < -0.3 is 50.7 Å². The highest BCUT2D eigenvalue weighted by molar-refractivity contribution is 8.00. The molecule has 2 atom stereocenters. The number of thiazole rings is 1. The van der Waals surface area contributed by atoms with E-state index in [0.29, 0.717) is 36.2 Å². The molecule has 0 spiro atoms. The average molecular weight is 814 g/mol. The number of benzene rings is 1. The van der Waals surface area contributed by atoms with Crippen LogP contribution in [0, 0.1) is 0 Å². The summed E-state index contributed by atoms with van der Waals surface area (Å²) in [6, 6.07) is 1.40.